The monoisotopic (exact) mass is 469 g/mol. The van der Waals surface area contributed by atoms with E-state index in [0.29, 0.717) is 31.1 Å². The molecule has 180 valence electrons. The van der Waals surface area contributed by atoms with Crippen LogP contribution in [0.2, 0.25) is 0 Å². The van der Waals surface area contributed by atoms with Crippen molar-refractivity contribution < 1.29 is 14.3 Å². The molecule has 2 atom stereocenters. The Hall–Kier alpha value is -3.67. The van der Waals surface area contributed by atoms with Crippen molar-refractivity contribution in [2.24, 2.45) is 5.92 Å². The molecule has 6 heteroatoms. The number of likely N-dealkylation sites (N-methyl/N-ethyl adjacent to an activating group) is 1. The first-order valence-corrected chi connectivity index (χ1v) is 12.4. The number of benzene rings is 2. The van der Waals surface area contributed by atoms with Crippen LogP contribution in [0.25, 0.3) is 0 Å². The summed E-state index contributed by atoms with van der Waals surface area (Å²) >= 11 is 0. The SMILES string of the molecule is CN(C(=O)c1ccccn1)[C@@H](Cc1ccccc1)C1CCN(C(=O)[C@@H]2Cc3ccccc3O2)CC1. The van der Waals surface area contributed by atoms with E-state index in [1.54, 1.807) is 12.3 Å². The number of amides is 2. The molecule has 6 nitrogen and oxygen atoms in total. The van der Waals surface area contributed by atoms with Gasteiger partial charge in [0.1, 0.15) is 11.4 Å². The number of piperidine rings is 1. The third-order valence-corrected chi connectivity index (χ3v) is 7.31. The highest BCUT2D eigenvalue weighted by Crippen LogP contribution is 2.31. The number of carbonyl (C=O) groups is 2. The average Bonchev–Trinajstić information content (AvgIpc) is 3.36. The highest BCUT2D eigenvalue weighted by atomic mass is 16.5. The molecule has 2 amide bonds. The number of para-hydroxylation sites is 1. The Kier molecular flexibility index (Phi) is 6.80. The van der Waals surface area contributed by atoms with Crippen molar-refractivity contribution in [1.82, 2.24) is 14.8 Å². The minimum absolute atomic E-state index is 0.0242. The maximum Gasteiger partial charge on any atom is 0.272 e. The molecular formula is C29H31N3O3. The smallest absolute Gasteiger partial charge is 0.272 e. The van der Waals surface area contributed by atoms with Crippen LogP contribution < -0.4 is 4.74 Å². The molecule has 35 heavy (non-hydrogen) atoms. The van der Waals surface area contributed by atoms with Gasteiger partial charge in [0.05, 0.1) is 0 Å². The topological polar surface area (TPSA) is 62.7 Å². The molecule has 3 aromatic rings. The third-order valence-electron chi connectivity index (χ3n) is 7.31. The van der Waals surface area contributed by atoms with Gasteiger partial charge in [0.15, 0.2) is 6.10 Å². The molecule has 1 fully saturated rings. The number of carbonyl (C=O) groups excluding carboxylic acids is 2. The molecule has 0 aliphatic carbocycles. The van der Waals surface area contributed by atoms with E-state index in [2.05, 4.69) is 17.1 Å². The number of hydrogen-bond donors (Lipinski definition) is 0. The number of ether oxygens (including phenoxy) is 1. The van der Waals surface area contributed by atoms with Gasteiger partial charge in [0.2, 0.25) is 0 Å². The zero-order chi connectivity index (χ0) is 24.2. The number of pyridine rings is 1. The Balaban J connectivity index is 1.27. The zero-order valence-electron chi connectivity index (χ0n) is 20.0. The van der Waals surface area contributed by atoms with Gasteiger partial charge in [-0.25, -0.2) is 0 Å². The summed E-state index contributed by atoms with van der Waals surface area (Å²) in [6, 6.07) is 23.6. The Bertz CT molecular complexity index is 1140. The highest BCUT2D eigenvalue weighted by Gasteiger charge is 2.37. The van der Waals surface area contributed by atoms with E-state index in [9.17, 15) is 9.59 Å². The molecular weight excluding hydrogens is 438 g/mol. The van der Waals surface area contributed by atoms with Crippen LogP contribution in [-0.4, -0.2) is 58.9 Å². The Morgan fingerprint density at radius 1 is 1.00 bits per heavy atom. The van der Waals surface area contributed by atoms with Gasteiger partial charge in [0, 0.05) is 38.8 Å². The second kappa shape index (κ2) is 10.3. The van der Waals surface area contributed by atoms with Crippen molar-refractivity contribution >= 4 is 11.8 Å². The van der Waals surface area contributed by atoms with Crippen molar-refractivity contribution in [2.45, 2.75) is 37.8 Å². The zero-order valence-corrected chi connectivity index (χ0v) is 20.0. The van der Waals surface area contributed by atoms with Crippen molar-refractivity contribution in [3.8, 4) is 5.75 Å². The second-order valence-corrected chi connectivity index (χ2v) is 9.47. The van der Waals surface area contributed by atoms with Gasteiger partial charge < -0.3 is 14.5 Å². The Morgan fingerprint density at radius 3 is 2.43 bits per heavy atom. The summed E-state index contributed by atoms with van der Waals surface area (Å²) in [7, 11) is 1.88. The summed E-state index contributed by atoms with van der Waals surface area (Å²) in [5.41, 5.74) is 2.76. The first-order chi connectivity index (χ1) is 17.1. The standard InChI is InChI=1S/C29H31N3O3/c1-31(28(33)24-12-7-8-16-30-24)25(19-21-9-3-2-4-10-21)22-14-17-32(18-15-22)29(34)27-20-23-11-5-6-13-26(23)35-27/h2-13,16,22,25,27H,14-15,17-20H2,1H3/t25-,27-/m0/s1. The van der Waals surface area contributed by atoms with E-state index in [0.717, 1.165) is 30.6 Å². The van der Waals surface area contributed by atoms with Crippen LogP contribution in [0.5, 0.6) is 5.75 Å². The fraction of sp³-hybridized carbons (Fsp3) is 0.345. The molecule has 0 unspecified atom stereocenters. The number of hydrogen-bond acceptors (Lipinski definition) is 4. The van der Waals surface area contributed by atoms with Crippen molar-refractivity contribution in [2.75, 3.05) is 20.1 Å². The number of likely N-dealkylation sites (tertiary alicyclic amines) is 1. The molecule has 1 saturated heterocycles. The summed E-state index contributed by atoms with van der Waals surface area (Å²) in [6.45, 7) is 1.35. The molecule has 0 bridgehead atoms. The lowest BCUT2D eigenvalue weighted by atomic mass is 9.84. The normalized spacial score (nSPS) is 18.4. The van der Waals surface area contributed by atoms with Crippen LogP contribution in [0, 0.1) is 5.92 Å². The summed E-state index contributed by atoms with van der Waals surface area (Å²) in [6.07, 6.45) is 4.33. The second-order valence-electron chi connectivity index (χ2n) is 9.47. The first-order valence-electron chi connectivity index (χ1n) is 12.4. The third kappa shape index (κ3) is 5.06. The van der Waals surface area contributed by atoms with E-state index >= 15 is 0 Å². The number of aromatic nitrogens is 1. The van der Waals surface area contributed by atoms with Crippen LogP contribution in [0.3, 0.4) is 0 Å². The van der Waals surface area contributed by atoms with Crippen LogP contribution in [0.15, 0.2) is 79.0 Å². The first kappa shape index (κ1) is 23.1. The predicted octanol–water partition coefficient (Wildman–Crippen LogP) is 4.01. The van der Waals surface area contributed by atoms with Gasteiger partial charge in [0.25, 0.3) is 11.8 Å². The molecule has 3 heterocycles. The van der Waals surface area contributed by atoms with Gasteiger partial charge >= 0.3 is 0 Å². The number of fused-ring (bicyclic) bond motifs is 1. The molecule has 2 aliphatic rings. The lowest BCUT2D eigenvalue weighted by Gasteiger charge is -2.40. The average molecular weight is 470 g/mol. The Labute approximate surface area is 206 Å². The fourth-order valence-electron chi connectivity index (χ4n) is 5.32. The quantitative estimate of drug-likeness (QED) is 0.547. The molecule has 0 N–H and O–H groups in total. The van der Waals surface area contributed by atoms with Crippen LogP contribution >= 0.6 is 0 Å². The van der Waals surface area contributed by atoms with Crippen molar-refractivity contribution in [1.29, 1.82) is 0 Å². The van der Waals surface area contributed by atoms with Gasteiger partial charge in [-0.1, -0.05) is 54.6 Å². The molecule has 1 aromatic heterocycles. The summed E-state index contributed by atoms with van der Waals surface area (Å²) < 4.78 is 5.94. The van der Waals surface area contributed by atoms with Crippen LogP contribution in [0.4, 0.5) is 0 Å². The molecule has 0 radical (unpaired) electrons. The van der Waals surface area contributed by atoms with Gasteiger partial charge in [-0.3, -0.25) is 14.6 Å². The number of nitrogens with zero attached hydrogens (tertiary/aromatic N) is 3. The predicted molar refractivity (Wildman–Crippen MR) is 134 cm³/mol. The summed E-state index contributed by atoms with van der Waals surface area (Å²) in [4.78, 5) is 34.5. The van der Waals surface area contributed by atoms with E-state index in [1.807, 2.05) is 71.4 Å². The molecule has 0 saturated carbocycles. The van der Waals surface area contributed by atoms with E-state index < -0.39 is 6.10 Å². The molecule has 0 spiro atoms. The van der Waals surface area contributed by atoms with E-state index in [1.165, 1.54) is 5.56 Å². The fourth-order valence-corrected chi connectivity index (χ4v) is 5.32. The molecule has 2 aromatic carbocycles. The van der Waals surface area contributed by atoms with Crippen molar-refractivity contribution in [3.63, 3.8) is 0 Å². The molecule has 5 rings (SSSR count). The largest absolute Gasteiger partial charge is 0.480 e. The number of rotatable bonds is 6. The maximum atomic E-state index is 13.3. The van der Waals surface area contributed by atoms with E-state index in [-0.39, 0.29) is 17.9 Å². The van der Waals surface area contributed by atoms with Gasteiger partial charge in [-0.05, 0) is 54.5 Å². The summed E-state index contributed by atoms with van der Waals surface area (Å²) in [5, 5.41) is 0. The van der Waals surface area contributed by atoms with Crippen molar-refractivity contribution in [3.05, 3.63) is 95.8 Å². The lowest BCUT2D eigenvalue weighted by Crippen LogP contribution is -2.50. The minimum atomic E-state index is -0.433. The van der Waals surface area contributed by atoms with Crippen LogP contribution in [0.1, 0.15) is 34.5 Å². The van der Waals surface area contributed by atoms with Gasteiger partial charge in [-0.2, -0.15) is 0 Å². The van der Waals surface area contributed by atoms with Crippen LogP contribution in [-0.2, 0) is 17.6 Å². The highest BCUT2D eigenvalue weighted by molar-refractivity contribution is 5.92. The Morgan fingerprint density at radius 2 is 1.71 bits per heavy atom. The molecule has 2 aliphatic heterocycles. The van der Waals surface area contributed by atoms with Gasteiger partial charge in [-0.15, -0.1) is 0 Å². The minimum Gasteiger partial charge on any atom is -0.480 e. The summed E-state index contributed by atoms with van der Waals surface area (Å²) in [5.74, 6) is 1.11. The maximum absolute atomic E-state index is 13.3. The van der Waals surface area contributed by atoms with E-state index in [4.69, 9.17) is 4.74 Å². The lowest BCUT2D eigenvalue weighted by molar-refractivity contribution is -0.139.